The summed E-state index contributed by atoms with van der Waals surface area (Å²) in [6.07, 6.45) is 0.298. The van der Waals surface area contributed by atoms with Crippen LogP contribution in [0.4, 0.5) is 10.5 Å². The fraction of sp³-hybridized carbons (Fsp3) is 0.364. The lowest BCUT2D eigenvalue weighted by Gasteiger charge is -2.16. The lowest BCUT2D eigenvalue weighted by Crippen LogP contribution is -2.25. The molecule has 0 heterocycles. The first kappa shape index (κ1) is 15.3. The molecule has 0 aliphatic rings. The summed E-state index contributed by atoms with van der Waals surface area (Å²) in [4.78, 5) is 20.8. The molecule has 1 rings (SSSR count). The highest BCUT2D eigenvalue weighted by Gasteiger charge is 2.18. The molecule has 0 bridgehead atoms. The topological polar surface area (TPSA) is 116 Å². The van der Waals surface area contributed by atoms with E-state index in [-0.39, 0.29) is 11.4 Å². The minimum Gasteiger partial charge on any atom is -0.616 e. The number of non-ortho nitro benzene ring substituents is 1. The van der Waals surface area contributed by atoms with Gasteiger partial charge in [-0.05, 0) is 18.6 Å². The van der Waals surface area contributed by atoms with Crippen LogP contribution in [-0.2, 0) is 16.9 Å². The average molecular weight is 286 g/mol. The number of hydrogen-bond acceptors (Lipinski definition) is 4. The van der Waals surface area contributed by atoms with Gasteiger partial charge in [0.05, 0.1) is 17.2 Å². The predicted octanol–water partition coefficient (Wildman–Crippen LogP) is 1.80. The van der Waals surface area contributed by atoms with Crippen LogP contribution in [0, 0.1) is 10.1 Å². The van der Waals surface area contributed by atoms with Gasteiger partial charge >= 0.3 is 6.09 Å². The molecule has 1 aromatic carbocycles. The normalized spacial score (nSPS) is 13.6. The van der Waals surface area contributed by atoms with Crippen LogP contribution in [0.5, 0.6) is 0 Å². The van der Waals surface area contributed by atoms with E-state index in [4.69, 9.17) is 5.11 Å². The quantitative estimate of drug-likeness (QED) is 0.486. The van der Waals surface area contributed by atoms with Gasteiger partial charge in [0.25, 0.3) is 5.69 Å². The zero-order valence-electron chi connectivity index (χ0n) is 10.5. The number of carbonyl (C=O) groups is 1. The maximum Gasteiger partial charge on any atom is 0.405 e. The van der Waals surface area contributed by atoms with E-state index in [0.29, 0.717) is 11.1 Å². The highest BCUT2D eigenvalue weighted by atomic mass is 32.2. The third-order valence-electron chi connectivity index (χ3n) is 2.50. The lowest BCUT2D eigenvalue weighted by atomic mass is 10.0. The van der Waals surface area contributed by atoms with Crippen LogP contribution in [0.3, 0.4) is 0 Å². The molecule has 8 heteroatoms. The van der Waals surface area contributed by atoms with Gasteiger partial charge in [-0.1, -0.05) is 11.2 Å². The molecule has 104 valence electrons. The molecule has 1 amide bonds. The summed E-state index contributed by atoms with van der Waals surface area (Å²) < 4.78 is 11.3. The molecule has 1 unspecified atom stereocenters. The minimum atomic E-state index is -1.19. The fourth-order valence-corrected chi connectivity index (χ4v) is 2.42. The molecule has 7 nitrogen and oxygen atoms in total. The van der Waals surface area contributed by atoms with Crippen LogP contribution >= 0.6 is 0 Å². The minimum absolute atomic E-state index is 0.105. The van der Waals surface area contributed by atoms with Crippen molar-refractivity contribution in [2.45, 2.75) is 18.7 Å². The smallest absolute Gasteiger partial charge is 0.405 e. The Bertz CT molecular complexity index is 492. The van der Waals surface area contributed by atoms with Crippen molar-refractivity contribution < 1.29 is 19.4 Å². The second-order valence-electron chi connectivity index (χ2n) is 4.03. The first-order valence-corrected chi connectivity index (χ1v) is 7.10. The second kappa shape index (κ2) is 6.39. The molecule has 1 aromatic rings. The Morgan fingerprint density at radius 3 is 2.68 bits per heavy atom. The van der Waals surface area contributed by atoms with Gasteiger partial charge < -0.3 is 15.0 Å². The molecule has 2 atom stereocenters. The van der Waals surface area contributed by atoms with Crippen molar-refractivity contribution >= 4 is 23.0 Å². The number of hydrogen-bond donors (Lipinski definition) is 2. The van der Waals surface area contributed by atoms with Crippen LogP contribution in [0.25, 0.3) is 0 Å². The summed E-state index contributed by atoms with van der Waals surface area (Å²) in [5, 5.41) is 21.7. The highest BCUT2D eigenvalue weighted by molar-refractivity contribution is 7.89. The Balaban J connectivity index is 3.14. The van der Waals surface area contributed by atoms with Gasteiger partial charge in [-0.25, -0.2) is 4.79 Å². The van der Waals surface area contributed by atoms with E-state index < -0.39 is 28.2 Å². The van der Waals surface area contributed by atoms with Crippen molar-refractivity contribution in [2.24, 2.45) is 0 Å². The monoisotopic (exact) mass is 286 g/mol. The van der Waals surface area contributed by atoms with Crippen LogP contribution in [0.15, 0.2) is 18.2 Å². The zero-order valence-corrected chi connectivity index (χ0v) is 11.3. The van der Waals surface area contributed by atoms with Crippen molar-refractivity contribution in [3.63, 3.8) is 0 Å². The molecule has 0 radical (unpaired) electrons. The second-order valence-corrected chi connectivity index (χ2v) is 5.46. The molecular formula is C11H14N2O5S. The Morgan fingerprint density at radius 1 is 1.58 bits per heavy atom. The maximum absolute atomic E-state index is 11.3. The SMILES string of the molecule is C[C@@H](NC(=O)O)c1ccc([N+](=O)[O-])cc1C[S+](C)[O-]. The number of benzene rings is 1. The number of rotatable bonds is 5. The number of carboxylic acid groups (broad SMARTS) is 1. The van der Waals surface area contributed by atoms with Gasteiger partial charge in [-0.15, -0.1) is 0 Å². The molecule has 0 saturated carbocycles. The summed E-state index contributed by atoms with van der Waals surface area (Å²) in [7, 11) is 0. The summed E-state index contributed by atoms with van der Waals surface area (Å²) in [5.74, 6) is 0.142. The van der Waals surface area contributed by atoms with E-state index in [9.17, 15) is 19.5 Å². The first-order chi connectivity index (χ1) is 8.81. The van der Waals surface area contributed by atoms with E-state index in [0.717, 1.165) is 0 Å². The van der Waals surface area contributed by atoms with Crippen molar-refractivity contribution in [3.05, 3.63) is 39.4 Å². The zero-order chi connectivity index (χ0) is 14.6. The Kier molecular flexibility index (Phi) is 5.13. The van der Waals surface area contributed by atoms with E-state index in [1.54, 1.807) is 6.92 Å². The number of amides is 1. The van der Waals surface area contributed by atoms with Crippen LogP contribution < -0.4 is 5.32 Å². The van der Waals surface area contributed by atoms with Gasteiger partial charge in [-0.3, -0.25) is 10.1 Å². The van der Waals surface area contributed by atoms with Gasteiger partial charge in [0, 0.05) is 17.7 Å². The predicted molar refractivity (Wildman–Crippen MR) is 70.4 cm³/mol. The number of nitrogens with one attached hydrogen (secondary N) is 1. The summed E-state index contributed by atoms with van der Waals surface area (Å²) in [6, 6.07) is 3.59. The van der Waals surface area contributed by atoms with Crippen LogP contribution in [-0.4, -0.2) is 26.9 Å². The van der Waals surface area contributed by atoms with E-state index >= 15 is 0 Å². The molecule has 0 aliphatic carbocycles. The number of nitro benzene ring substituents is 1. The Labute approximate surface area is 113 Å². The molecule has 0 aliphatic heterocycles. The number of nitrogens with zero attached hydrogens (tertiary/aromatic N) is 1. The third-order valence-corrected chi connectivity index (χ3v) is 3.22. The van der Waals surface area contributed by atoms with Crippen molar-refractivity contribution in [1.29, 1.82) is 0 Å². The number of nitro groups is 1. The Hall–Kier alpha value is -1.80. The van der Waals surface area contributed by atoms with E-state index in [1.165, 1.54) is 24.5 Å². The van der Waals surface area contributed by atoms with E-state index in [2.05, 4.69) is 5.32 Å². The third kappa shape index (κ3) is 4.42. The molecule has 0 spiro atoms. The van der Waals surface area contributed by atoms with E-state index in [1.807, 2.05) is 0 Å². The van der Waals surface area contributed by atoms with Crippen LogP contribution in [0.2, 0.25) is 0 Å². The highest BCUT2D eigenvalue weighted by Crippen LogP contribution is 2.24. The van der Waals surface area contributed by atoms with Gasteiger partial charge in [0.1, 0.15) is 5.75 Å². The molecule has 0 fully saturated rings. The van der Waals surface area contributed by atoms with Gasteiger partial charge in [0.2, 0.25) is 0 Å². The average Bonchev–Trinajstić information content (AvgIpc) is 2.26. The molecule has 0 aromatic heterocycles. The Morgan fingerprint density at radius 2 is 2.21 bits per heavy atom. The standard InChI is InChI=1S/C11H14N2O5S/c1-7(12-11(14)15)10-4-3-9(13(16)17)5-8(10)6-19(2)18/h3-5,7,12H,6H2,1-2H3,(H,14,15)/t7-,19?/m1/s1. The summed E-state index contributed by atoms with van der Waals surface area (Å²) in [6.45, 7) is 1.62. The molecule has 0 saturated heterocycles. The maximum atomic E-state index is 11.3. The van der Waals surface area contributed by atoms with Crippen molar-refractivity contribution in [3.8, 4) is 0 Å². The van der Waals surface area contributed by atoms with Crippen molar-refractivity contribution in [1.82, 2.24) is 5.32 Å². The van der Waals surface area contributed by atoms with Gasteiger partial charge in [-0.2, -0.15) is 0 Å². The lowest BCUT2D eigenvalue weighted by molar-refractivity contribution is -0.384. The van der Waals surface area contributed by atoms with Crippen molar-refractivity contribution in [2.75, 3.05) is 6.26 Å². The summed E-state index contributed by atoms with van der Waals surface area (Å²) >= 11 is -1.18. The first-order valence-electron chi connectivity index (χ1n) is 5.38. The van der Waals surface area contributed by atoms with Gasteiger partial charge in [0.15, 0.2) is 0 Å². The largest absolute Gasteiger partial charge is 0.616 e. The van der Waals surface area contributed by atoms with Crippen LogP contribution in [0.1, 0.15) is 24.1 Å². The fourth-order valence-electron chi connectivity index (χ4n) is 1.74. The summed E-state index contributed by atoms with van der Waals surface area (Å²) in [5.41, 5.74) is 0.992. The molecule has 19 heavy (non-hydrogen) atoms. The molecule has 2 N–H and O–H groups in total. The molecular weight excluding hydrogens is 272 g/mol.